The molecule has 3 rings (SSSR count). The van der Waals surface area contributed by atoms with Crippen LogP contribution in [0.25, 0.3) is 0 Å². The van der Waals surface area contributed by atoms with Crippen molar-refractivity contribution in [2.75, 3.05) is 13.2 Å². The zero-order chi connectivity index (χ0) is 16.6. The van der Waals surface area contributed by atoms with Gasteiger partial charge in [-0.3, -0.25) is 9.78 Å². The van der Waals surface area contributed by atoms with Gasteiger partial charge in [-0.15, -0.1) is 0 Å². The van der Waals surface area contributed by atoms with Gasteiger partial charge in [0.05, 0.1) is 19.2 Å². The summed E-state index contributed by atoms with van der Waals surface area (Å²) >= 11 is 0. The minimum atomic E-state index is -0.510. The lowest BCUT2D eigenvalue weighted by atomic mass is 9.65. The molecule has 1 aliphatic heterocycles. The van der Waals surface area contributed by atoms with E-state index in [1.807, 2.05) is 13.8 Å². The number of hydrogen-bond acceptors (Lipinski definition) is 5. The first-order chi connectivity index (χ1) is 10.9. The number of aliphatic hydroxyl groups is 1. The summed E-state index contributed by atoms with van der Waals surface area (Å²) in [4.78, 5) is 18.8. The Morgan fingerprint density at radius 2 is 2.22 bits per heavy atom. The summed E-state index contributed by atoms with van der Waals surface area (Å²) in [5.41, 5.74) is 0.654. The average molecular weight is 315 g/mol. The van der Waals surface area contributed by atoms with Crippen LogP contribution in [0.15, 0.2) is 12.4 Å². The maximum Gasteiger partial charge on any atom is 0.228 e. The smallest absolute Gasteiger partial charge is 0.228 e. The number of nitrogens with zero attached hydrogens (tertiary/aromatic N) is 3. The third kappa shape index (κ3) is 2.77. The first-order valence-electron chi connectivity index (χ1n) is 7.90. The van der Waals surface area contributed by atoms with Gasteiger partial charge in [-0.25, -0.2) is 0 Å². The molecule has 23 heavy (non-hydrogen) atoms. The number of rotatable bonds is 2. The second kappa shape index (κ2) is 5.82. The summed E-state index contributed by atoms with van der Waals surface area (Å²) in [6, 6.07) is 2.08. The number of carbonyl (C=O) groups excluding carboxylic acids is 1. The number of amides is 1. The van der Waals surface area contributed by atoms with Gasteiger partial charge >= 0.3 is 0 Å². The third-order valence-corrected chi connectivity index (χ3v) is 5.03. The number of fused-ring (bicyclic) bond motifs is 1. The Bertz CT molecular complexity index is 660. The molecular formula is C17H21N3O3. The zero-order valence-corrected chi connectivity index (χ0v) is 13.5. The standard InChI is InChI=1S/C17H21N3O3/c1-17(2,13-5-14(21)6-13)16(22)20-3-4-23-15-11(7-18)8-19-9-12(15)10-20/h8-9,13-14,21H,3-6,10H2,1-2H3. The Kier molecular flexibility index (Phi) is 3.99. The van der Waals surface area contributed by atoms with E-state index in [2.05, 4.69) is 11.1 Å². The molecule has 1 aliphatic carbocycles. The quantitative estimate of drug-likeness (QED) is 0.893. The van der Waals surface area contributed by atoms with Crippen molar-refractivity contribution in [1.29, 1.82) is 5.26 Å². The Morgan fingerprint density at radius 3 is 2.87 bits per heavy atom. The van der Waals surface area contributed by atoms with E-state index >= 15 is 0 Å². The molecule has 1 saturated carbocycles. The van der Waals surface area contributed by atoms with Crippen LogP contribution in [-0.4, -0.2) is 40.2 Å². The summed E-state index contributed by atoms with van der Waals surface area (Å²) in [6.07, 6.45) is 4.22. The molecule has 1 fully saturated rings. The van der Waals surface area contributed by atoms with Crippen molar-refractivity contribution in [3.8, 4) is 11.8 Å². The average Bonchev–Trinajstić information content (AvgIpc) is 2.72. The molecule has 6 heteroatoms. The summed E-state index contributed by atoms with van der Waals surface area (Å²) in [6.45, 7) is 5.14. The highest BCUT2D eigenvalue weighted by molar-refractivity contribution is 5.82. The van der Waals surface area contributed by atoms with Crippen molar-refractivity contribution in [2.24, 2.45) is 11.3 Å². The molecule has 1 aromatic rings. The van der Waals surface area contributed by atoms with Crippen LogP contribution in [0.2, 0.25) is 0 Å². The van der Waals surface area contributed by atoms with Crippen molar-refractivity contribution in [3.05, 3.63) is 23.5 Å². The predicted octanol–water partition coefficient (Wildman–Crippen LogP) is 1.47. The molecule has 1 aromatic heterocycles. The second-order valence-corrected chi connectivity index (χ2v) is 6.91. The number of aliphatic hydroxyl groups excluding tert-OH is 1. The monoisotopic (exact) mass is 315 g/mol. The van der Waals surface area contributed by atoms with Crippen LogP contribution in [0.5, 0.6) is 5.75 Å². The molecule has 0 radical (unpaired) electrons. The van der Waals surface area contributed by atoms with Gasteiger partial charge in [-0.2, -0.15) is 5.26 Å². The molecule has 0 spiro atoms. The van der Waals surface area contributed by atoms with E-state index in [9.17, 15) is 9.90 Å². The van der Waals surface area contributed by atoms with Crippen LogP contribution in [0.3, 0.4) is 0 Å². The molecule has 0 atom stereocenters. The van der Waals surface area contributed by atoms with Crippen LogP contribution in [0.4, 0.5) is 0 Å². The fraction of sp³-hybridized carbons (Fsp3) is 0.588. The van der Waals surface area contributed by atoms with E-state index in [0.717, 1.165) is 5.56 Å². The molecule has 1 amide bonds. The minimum absolute atomic E-state index is 0.0632. The maximum atomic E-state index is 13.0. The first-order valence-corrected chi connectivity index (χ1v) is 7.90. The lowest BCUT2D eigenvalue weighted by Crippen LogP contribution is -2.49. The number of aromatic nitrogens is 1. The predicted molar refractivity (Wildman–Crippen MR) is 82.4 cm³/mol. The van der Waals surface area contributed by atoms with Gasteiger partial charge in [-0.1, -0.05) is 13.8 Å². The topological polar surface area (TPSA) is 86.5 Å². The van der Waals surface area contributed by atoms with E-state index in [4.69, 9.17) is 10.00 Å². The van der Waals surface area contributed by atoms with Gasteiger partial charge in [0.15, 0.2) is 0 Å². The maximum absolute atomic E-state index is 13.0. The zero-order valence-electron chi connectivity index (χ0n) is 13.5. The van der Waals surface area contributed by atoms with Gasteiger partial charge < -0.3 is 14.7 Å². The van der Waals surface area contributed by atoms with Crippen LogP contribution in [0.1, 0.15) is 37.8 Å². The summed E-state index contributed by atoms with van der Waals surface area (Å²) in [5, 5.41) is 18.7. The van der Waals surface area contributed by atoms with Crippen molar-refractivity contribution in [2.45, 2.75) is 39.3 Å². The fourth-order valence-electron chi connectivity index (χ4n) is 3.33. The summed E-state index contributed by atoms with van der Waals surface area (Å²) < 4.78 is 5.69. The molecule has 0 bridgehead atoms. The summed E-state index contributed by atoms with van der Waals surface area (Å²) in [7, 11) is 0. The molecule has 6 nitrogen and oxygen atoms in total. The number of pyridine rings is 1. The number of hydrogen-bond donors (Lipinski definition) is 1. The normalized spacial score (nSPS) is 23.8. The Morgan fingerprint density at radius 1 is 1.48 bits per heavy atom. The van der Waals surface area contributed by atoms with Gasteiger partial charge in [-0.05, 0) is 18.8 Å². The molecule has 2 heterocycles. The highest BCUT2D eigenvalue weighted by Crippen LogP contribution is 2.43. The van der Waals surface area contributed by atoms with Gasteiger partial charge in [0, 0.05) is 23.4 Å². The second-order valence-electron chi connectivity index (χ2n) is 6.91. The molecule has 2 aliphatic rings. The van der Waals surface area contributed by atoms with Gasteiger partial charge in [0.2, 0.25) is 5.91 Å². The van der Waals surface area contributed by atoms with Gasteiger partial charge in [0.1, 0.15) is 24.0 Å². The van der Waals surface area contributed by atoms with E-state index < -0.39 is 5.41 Å². The van der Waals surface area contributed by atoms with E-state index in [0.29, 0.717) is 43.9 Å². The highest BCUT2D eigenvalue weighted by Gasteiger charge is 2.45. The highest BCUT2D eigenvalue weighted by atomic mass is 16.5. The molecule has 1 N–H and O–H groups in total. The Labute approximate surface area is 135 Å². The van der Waals surface area contributed by atoms with Crippen LogP contribution < -0.4 is 4.74 Å². The van der Waals surface area contributed by atoms with Gasteiger partial charge in [0.25, 0.3) is 0 Å². The molecule has 0 saturated heterocycles. The number of carbonyl (C=O) groups is 1. The summed E-state index contributed by atoms with van der Waals surface area (Å²) in [5.74, 6) is 0.806. The molecule has 0 unspecified atom stereocenters. The minimum Gasteiger partial charge on any atom is -0.490 e. The van der Waals surface area contributed by atoms with Crippen LogP contribution in [-0.2, 0) is 11.3 Å². The molecule has 122 valence electrons. The van der Waals surface area contributed by atoms with Crippen molar-refractivity contribution >= 4 is 5.91 Å². The van der Waals surface area contributed by atoms with Crippen molar-refractivity contribution < 1.29 is 14.6 Å². The van der Waals surface area contributed by atoms with E-state index in [1.54, 1.807) is 11.1 Å². The Balaban J connectivity index is 1.81. The third-order valence-electron chi connectivity index (χ3n) is 5.03. The first kappa shape index (κ1) is 15.8. The SMILES string of the molecule is CC(C)(C(=O)N1CCOc2c(C#N)cncc2C1)C1CC(O)C1. The van der Waals surface area contributed by atoms with Crippen LogP contribution in [0, 0.1) is 22.7 Å². The van der Waals surface area contributed by atoms with Crippen LogP contribution >= 0.6 is 0 Å². The number of nitriles is 1. The lowest BCUT2D eigenvalue weighted by molar-refractivity contribution is -0.149. The van der Waals surface area contributed by atoms with E-state index in [-0.39, 0.29) is 17.9 Å². The Hall–Kier alpha value is -2.13. The number of ether oxygens (including phenoxy) is 1. The largest absolute Gasteiger partial charge is 0.490 e. The van der Waals surface area contributed by atoms with E-state index in [1.165, 1.54) is 6.20 Å². The van der Waals surface area contributed by atoms with Crippen molar-refractivity contribution in [1.82, 2.24) is 9.88 Å². The lowest BCUT2D eigenvalue weighted by Gasteiger charge is -2.44. The van der Waals surface area contributed by atoms with Crippen molar-refractivity contribution in [3.63, 3.8) is 0 Å². The molecular weight excluding hydrogens is 294 g/mol. The fourth-order valence-corrected chi connectivity index (χ4v) is 3.33. The molecule has 0 aromatic carbocycles.